The van der Waals surface area contributed by atoms with Gasteiger partial charge in [-0.1, -0.05) is 13.8 Å². The van der Waals surface area contributed by atoms with Crippen LogP contribution in [0.15, 0.2) is 5.38 Å². The molecule has 1 fully saturated rings. The summed E-state index contributed by atoms with van der Waals surface area (Å²) in [5, 5.41) is 17.1. The van der Waals surface area contributed by atoms with E-state index in [4.69, 9.17) is 4.74 Å². The molecule has 1 heterocycles. The minimum absolute atomic E-state index is 0.158. The van der Waals surface area contributed by atoms with Crippen molar-refractivity contribution in [2.24, 2.45) is 5.41 Å². The van der Waals surface area contributed by atoms with Crippen LogP contribution in [0, 0.1) is 12.3 Å². The second-order valence-corrected chi connectivity index (χ2v) is 6.93. The molecule has 2 N–H and O–H groups in total. The second kappa shape index (κ2) is 5.48. The lowest BCUT2D eigenvalue weighted by Gasteiger charge is -2.58. The molecule has 2 rings (SSSR count). The lowest BCUT2D eigenvalue weighted by Crippen LogP contribution is -2.68. The van der Waals surface area contributed by atoms with Gasteiger partial charge in [0.2, 0.25) is 0 Å². The Hall–Kier alpha value is -0.490. The Labute approximate surface area is 119 Å². The predicted octanol–water partition coefficient (Wildman–Crippen LogP) is 2.11. The van der Waals surface area contributed by atoms with Gasteiger partial charge in [-0.3, -0.25) is 0 Å². The summed E-state index contributed by atoms with van der Waals surface area (Å²) >= 11 is 1.66. The highest BCUT2D eigenvalue weighted by Gasteiger charge is 2.59. The van der Waals surface area contributed by atoms with Crippen molar-refractivity contribution < 1.29 is 9.84 Å². The third-order valence-corrected chi connectivity index (χ3v) is 5.11. The Morgan fingerprint density at radius 1 is 1.58 bits per heavy atom. The number of aryl methyl sites for hydroxylation is 1. The lowest BCUT2D eigenvalue weighted by atomic mass is 9.56. The van der Waals surface area contributed by atoms with Gasteiger partial charge in [0.05, 0.1) is 22.4 Å². The second-order valence-electron chi connectivity index (χ2n) is 5.86. The number of nitrogens with zero attached hydrogens (tertiary/aromatic N) is 1. The van der Waals surface area contributed by atoms with Crippen molar-refractivity contribution in [3.05, 3.63) is 16.1 Å². The number of hydrogen-bond donors (Lipinski definition) is 2. The Bertz CT molecular complexity index is 433. The number of nitrogens with one attached hydrogen (secondary N) is 1. The van der Waals surface area contributed by atoms with E-state index in [1.165, 1.54) is 0 Å². The fraction of sp³-hybridized carbons (Fsp3) is 0.786. The largest absolute Gasteiger partial charge is 0.388 e. The van der Waals surface area contributed by atoms with E-state index in [0.717, 1.165) is 10.7 Å². The zero-order valence-electron chi connectivity index (χ0n) is 12.2. The summed E-state index contributed by atoms with van der Waals surface area (Å²) in [6.07, 6.45) is 0.863. The molecule has 2 atom stereocenters. The van der Waals surface area contributed by atoms with Crippen molar-refractivity contribution >= 4 is 11.3 Å². The van der Waals surface area contributed by atoms with Crippen molar-refractivity contribution in [1.82, 2.24) is 10.3 Å². The third-order valence-electron chi connectivity index (χ3n) is 4.29. The van der Waals surface area contributed by atoms with Crippen LogP contribution in [0.2, 0.25) is 0 Å². The molecule has 1 aliphatic carbocycles. The van der Waals surface area contributed by atoms with Gasteiger partial charge < -0.3 is 15.2 Å². The molecule has 0 saturated heterocycles. The molecule has 0 radical (unpaired) electrons. The van der Waals surface area contributed by atoms with Crippen LogP contribution in [0.5, 0.6) is 0 Å². The molecule has 0 bridgehead atoms. The summed E-state index contributed by atoms with van der Waals surface area (Å²) < 4.78 is 5.66. The molecule has 0 aliphatic heterocycles. The molecule has 0 aromatic carbocycles. The molecule has 1 aromatic heterocycles. The topological polar surface area (TPSA) is 54.4 Å². The maximum absolute atomic E-state index is 10.7. The van der Waals surface area contributed by atoms with Crippen molar-refractivity contribution in [1.29, 1.82) is 0 Å². The maximum atomic E-state index is 10.7. The Morgan fingerprint density at radius 3 is 2.84 bits per heavy atom. The van der Waals surface area contributed by atoms with E-state index in [9.17, 15) is 5.11 Å². The highest BCUT2D eigenvalue weighted by Crippen LogP contribution is 2.50. The van der Waals surface area contributed by atoms with E-state index >= 15 is 0 Å². The van der Waals surface area contributed by atoms with E-state index in [1.54, 1.807) is 11.3 Å². The van der Waals surface area contributed by atoms with Gasteiger partial charge in [-0.25, -0.2) is 4.98 Å². The summed E-state index contributed by atoms with van der Waals surface area (Å²) in [4.78, 5) is 4.40. The molecule has 1 aromatic rings. The molecular formula is C14H24N2O2S. The van der Waals surface area contributed by atoms with Crippen LogP contribution in [0.1, 0.15) is 37.9 Å². The average molecular weight is 284 g/mol. The first-order chi connectivity index (χ1) is 8.89. The predicted molar refractivity (Wildman–Crippen MR) is 77.3 cm³/mol. The average Bonchev–Trinajstić information content (AvgIpc) is 2.75. The van der Waals surface area contributed by atoms with Crippen molar-refractivity contribution in [2.45, 2.75) is 52.4 Å². The van der Waals surface area contributed by atoms with E-state index in [1.807, 2.05) is 13.8 Å². The molecule has 1 aliphatic rings. The smallest absolute Gasteiger partial charge is 0.0897 e. The van der Waals surface area contributed by atoms with Crippen LogP contribution in [0.3, 0.4) is 0 Å². The molecule has 4 nitrogen and oxygen atoms in total. The van der Waals surface area contributed by atoms with Gasteiger partial charge in [0.15, 0.2) is 0 Å². The SMILES string of the molecule is CCO[C@@H]1C[C@](O)(CNCc2csc(C)n2)C1(C)C. The molecule has 0 unspecified atom stereocenters. The first-order valence-electron chi connectivity index (χ1n) is 6.85. The number of hydrogen-bond acceptors (Lipinski definition) is 5. The van der Waals surface area contributed by atoms with Gasteiger partial charge >= 0.3 is 0 Å². The summed E-state index contributed by atoms with van der Waals surface area (Å²) in [5.74, 6) is 0. The standard InChI is InChI=1S/C14H24N2O2S/c1-5-18-12-6-14(17,13(12,3)4)9-15-7-11-8-19-10(2)16-11/h8,12,15,17H,5-7,9H2,1-4H3/t12-,14+/m1/s1. The van der Waals surface area contributed by atoms with Crippen molar-refractivity contribution in [3.63, 3.8) is 0 Å². The van der Waals surface area contributed by atoms with Crippen LogP contribution >= 0.6 is 11.3 Å². The van der Waals surface area contributed by atoms with Gasteiger partial charge in [0, 0.05) is 36.9 Å². The van der Waals surface area contributed by atoms with E-state index in [0.29, 0.717) is 26.1 Å². The van der Waals surface area contributed by atoms with Crippen molar-refractivity contribution in [2.75, 3.05) is 13.2 Å². The molecule has 0 spiro atoms. The van der Waals surface area contributed by atoms with E-state index < -0.39 is 5.60 Å². The normalized spacial score (nSPS) is 29.2. The highest BCUT2D eigenvalue weighted by atomic mass is 32.1. The van der Waals surface area contributed by atoms with Crippen molar-refractivity contribution in [3.8, 4) is 0 Å². The van der Waals surface area contributed by atoms with E-state index in [2.05, 4.69) is 29.5 Å². The quantitative estimate of drug-likeness (QED) is 0.840. The number of thiazole rings is 1. The third kappa shape index (κ3) is 2.84. The summed E-state index contributed by atoms with van der Waals surface area (Å²) in [7, 11) is 0. The Balaban J connectivity index is 1.83. The van der Waals surface area contributed by atoms with Crippen LogP contribution in [0.4, 0.5) is 0 Å². The summed E-state index contributed by atoms with van der Waals surface area (Å²) in [6.45, 7) is 10.1. The zero-order chi connectivity index (χ0) is 14.1. The van der Waals surface area contributed by atoms with Gasteiger partial charge in [0.25, 0.3) is 0 Å². The number of rotatable bonds is 6. The molecular weight excluding hydrogens is 260 g/mol. The first-order valence-corrected chi connectivity index (χ1v) is 7.73. The van der Waals surface area contributed by atoms with E-state index in [-0.39, 0.29) is 11.5 Å². The van der Waals surface area contributed by atoms with Crippen LogP contribution in [-0.2, 0) is 11.3 Å². The molecule has 0 amide bonds. The fourth-order valence-corrected chi connectivity index (χ4v) is 3.26. The molecule has 108 valence electrons. The summed E-state index contributed by atoms with van der Waals surface area (Å²) in [5.41, 5.74) is 0.163. The van der Waals surface area contributed by atoms with Gasteiger partial charge in [0.1, 0.15) is 0 Å². The lowest BCUT2D eigenvalue weighted by molar-refractivity contribution is -0.238. The Kier molecular flexibility index (Phi) is 4.30. The van der Waals surface area contributed by atoms with Crippen LogP contribution < -0.4 is 5.32 Å². The Morgan fingerprint density at radius 2 is 2.32 bits per heavy atom. The fourth-order valence-electron chi connectivity index (χ4n) is 2.65. The van der Waals surface area contributed by atoms with Gasteiger partial charge in [-0.05, 0) is 13.8 Å². The van der Waals surface area contributed by atoms with Gasteiger partial charge in [-0.2, -0.15) is 0 Å². The zero-order valence-corrected chi connectivity index (χ0v) is 13.0. The molecule has 19 heavy (non-hydrogen) atoms. The number of ether oxygens (including phenoxy) is 1. The van der Waals surface area contributed by atoms with Crippen LogP contribution in [-0.4, -0.2) is 34.9 Å². The number of aromatic nitrogens is 1. The highest BCUT2D eigenvalue weighted by molar-refractivity contribution is 7.09. The first kappa shape index (κ1) is 14.9. The molecule has 1 saturated carbocycles. The summed E-state index contributed by atoms with van der Waals surface area (Å²) in [6, 6.07) is 0. The molecule has 5 heteroatoms. The monoisotopic (exact) mass is 284 g/mol. The number of aliphatic hydroxyl groups is 1. The minimum Gasteiger partial charge on any atom is -0.388 e. The van der Waals surface area contributed by atoms with Crippen LogP contribution in [0.25, 0.3) is 0 Å². The van der Waals surface area contributed by atoms with Gasteiger partial charge in [-0.15, -0.1) is 11.3 Å². The maximum Gasteiger partial charge on any atom is 0.0897 e. The minimum atomic E-state index is -0.683.